The molecule has 4 aliphatic rings. The van der Waals surface area contributed by atoms with Gasteiger partial charge in [0, 0.05) is 29.4 Å². The fourth-order valence-corrected chi connectivity index (χ4v) is 8.43. The van der Waals surface area contributed by atoms with Crippen molar-refractivity contribution in [3.8, 4) is 0 Å². The SMILES string of the molecule is C=C(CC[C@@H](C)C1CCC2C3=C(C(=O)CC21C)C1(C)CC[C@@H](O)[C@@H](C)C1CC3=O)C(C)C(=O)O. The number of rotatable bonds is 6. The lowest BCUT2D eigenvalue weighted by Crippen LogP contribution is -2.53. The second-order valence-electron chi connectivity index (χ2n) is 12.5. The Morgan fingerprint density at radius 2 is 1.82 bits per heavy atom. The van der Waals surface area contributed by atoms with Crippen LogP contribution < -0.4 is 0 Å². The smallest absolute Gasteiger partial charge is 0.310 e. The third-order valence-electron chi connectivity index (χ3n) is 10.7. The van der Waals surface area contributed by atoms with E-state index in [1.807, 2.05) is 6.92 Å². The number of aliphatic carboxylic acids is 1. The molecule has 4 aliphatic carbocycles. The van der Waals surface area contributed by atoms with Crippen molar-refractivity contribution in [3.63, 3.8) is 0 Å². The van der Waals surface area contributed by atoms with Gasteiger partial charge in [-0.1, -0.05) is 39.8 Å². The Labute approximate surface area is 204 Å². The fourth-order valence-electron chi connectivity index (χ4n) is 8.43. The van der Waals surface area contributed by atoms with E-state index in [-0.39, 0.29) is 40.2 Å². The monoisotopic (exact) mass is 470 g/mol. The van der Waals surface area contributed by atoms with E-state index in [9.17, 15) is 24.6 Å². The minimum Gasteiger partial charge on any atom is -0.481 e. The molecule has 0 bridgehead atoms. The van der Waals surface area contributed by atoms with Crippen molar-refractivity contribution < 1.29 is 24.6 Å². The summed E-state index contributed by atoms with van der Waals surface area (Å²) < 4.78 is 0. The van der Waals surface area contributed by atoms with Crippen molar-refractivity contribution >= 4 is 17.5 Å². The van der Waals surface area contributed by atoms with E-state index in [4.69, 9.17) is 0 Å². The Balaban J connectivity index is 1.61. The summed E-state index contributed by atoms with van der Waals surface area (Å²) in [7, 11) is 0. The highest BCUT2D eigenvalue weighted by molar-refractivity contribution is 6.10. The van der Waals surface area contributed by atoms with Crippen LogP contribution in [0.3, 0.4) is 0 Å². The quantitative estimate of drug-likeness (QED) is 0.509. The van der Waals surface area contributed by atoms with Crippen LogP contribution in [0.5, 0.6) is 0 Å². The number of hydrogen-bond acceptors (Lipinski definition) is 4. The highest BCUT2D eigenvalue weighted by atomic mass is 16.4. The number of allylic oxidation sites excluding steroid dienone is 2. The summed E-state index contributed by atoms with van der Waals surface area (Å²) in [5.74, 6) is -0.252. The number of carboxylic acids is 1. The zero-order valence-corrected chi connectivity index (χ0v) is 21.5. The largest absolute Gasteiger partial charge is 0.481 e. The molecule has 2 fully saturated rings. The zero-order valence-electron chi connectivity index (χ0n) is 21.5. The van der Waals surface area contributed by atoms with Crippen molar-refractivity contribution in [1.82, 2.24) is 0 Å². The second-order valence-corrected chi connectivity index (χ2v) is 12.5. The van der Waals surface area contributed by atoms with E-state index in [1.54, 1.807) is 6.92 Å². The number of carbonyl (C=O) groups is 3. The van der Waals surface area contributed by atoms with E-state index in [0.717, 1.165) is 42.4 Å². The summed E-state index contributed by atoms with van der Waals surface area (Å²) >= 11 is 0. The van der Waals surface area contributed by atoms with Gasteiger partial charge in [0.1, 0.15) is 0 Å². The van der Waals surface area contributed by atoms with E-state index in [1.165, 1.54) is 0 Å². The Bertz CT molecular complexity index is 946. The Hall–Kier alpha value is -1.75. The van der Waals surface area contributed by atoms with Gasteiger partial charge in [-0.2, -0.15) is 0 Å². The van der Waals surface area contributed by atoms with Crippen LogP contribution in [-0.4, -0.2) is 33.9 Å². The molecular weight excluding hydrogens is 428 g/mol. The maximum Gasteiger partial charge on any atom is 0.310 e. The average Bonchev–Trinajstić information content (AvgIpc) is 3.11. The molecule has 0 aromatic carbocycles. The second kappa shape index (κ2) is 8.72. The molecule has 5 heteroatoms. The fraction of sp³-hybridized carbons (Fsp3) is 0.759. The van der Waals surface area contributed by atoms with Gasteiger partial charge in [-0.05, 0) is 80.5 Å². The average molecular weight is 471 g/mol. The number of Topliss-reactive ketones (excluding diaryl/α,β-unsaturated/α-hetero) is 2. The van der Waals surface area contributed by atoms with Gasteiger partial charge in [0.2, 0.25) is 0 Å². The standard InChI is InChI=1S/C29H42O5/c1-15(17(3)27(33)34)7-8-16(2)19-9-10-20-25-23(31)13-21-18(4)22(30)11-12-28(21,5)26(25)24(32)14-29(19,20)6/h16-22,30H,1,7-14H2,2-6H3,(H,33,34)/t16-,17?,18+,19?,20?,21?,22-,28?,29?/m1/s1. The molecule has 34 heavy (non-hydrogen) atoms. The van der Waals surface area contributed by atoms with Crippen LogP contribution in [-0.2, 0) is 14.4 Å². The molecule has 0 saturated heterocycles. The molecule has 9 atom stereocenters. The van der Waals surface area contributed by atoms with Gasteiger partial charge in [-0.25, -0.2) is 0 Å². The first-order valence-electron chi connectivity index (χ1n) is 13.2. The van der Waals surface area contributed by atoms with Crippen molar-refractivity contribution in [2.24, 2.45) is 46.3 Å². The molecule has 0 radical (unpaired) electrons. The maximum atomic E-state index is 13.8. The Morgan fingerprint density at radius 3 is 2.47 bits per heavy atom. The third kappa shape index (κ3) is 3.73. The molecule has 0 heterocycles. The number of ketones is 2. The van der Waals surface area contributed by atoms with Gasteiger partial charge < -0.3 is 10.2 Å². The number of aliphatic hydroxyl groups excluding tert-OH is 1. The lowest BCUT2D eigenvalue weighted by Gasteiger charge is -2.55. The number of carbonyl (C=O) groups excluding carboxylic acids is 2. The molecule has 4 rings (SSSR count). The normalized spacial score (nSPS) is 41.4. The maximum absolute atomic E-state index is 13.8. The van der Waals surface area contributed by atoms with Crippen molar-refractivity contribution in [1.29, 1.82) is 0 Å². The molecule has 0 spiro atoms. The van der Waals surface area contributed by atoms with E-state index < -0.39 is 18.0 Å². The highest BCUT2D eigenvalue weighted by Crippen LogP contribution is 2.65. The summed E-state index contributed by atoms with van der Waals surface area (Å²) in [4.78, 5) is 38.7. The Kier molecular flexibility index (Phi) is 6.50. The molecule has 5 nitrogen and oxygen atoms in total. The van der Waals surface area contributed by atoms with Gasteiger partial charge in [0.25, 0.3) is 0 Å². The van der Waals surface area contributed by atoms with Crippen molar-refractivity contribution in [2.75, 3.05) is 0 Å². The topological polar surface area (TPSA) is 91.7 Å². The molecule has 0 amide bonds. The van der Waals surface area contributed by atoms with Crippen LogP contribution in [0, 0.1) is 46.3 Å². The zero-order chi connectivity index (χ0) is 25.2. The lowest BCUT2D eigenvalue weighted by atomic mass is 9.48. The summed E-state index contributed by atoms with van der Waals surface area (Å²) in [6.07, 6.45) is 5.46. The van der Waals surface area contributed by atoms with Gasteiger partial charge in [0.05, 0.1) is 12.0 Å². The van der Waals surface area contributed by atoms with Gasteiger partial charge in [-0.15, -0.1) is 0 Å². The van der Waals surface area contributed by atoms with Crippen LogP contribution in [0.1, 0.15) is 86.0 Å². The molecule has 0 aliphatic heterocycles. The first-order chi connectivity index (χ1) is 15.8. The summed E-state index contributed by atoms with van der Waals surface area (Å²) in [5, 5.41) is 19.7. The number of aliphatic hydroxyl groups is 1. The van der Waals surface area contributed by atoms with E-state index in [0.29, 0.717) is 37.5 Å². The first kappa shape index (κ1) is 25.3. The van der Waals surface area contributed by atoms with Crippen molar-refractivity contribution in [3.05, 3.63) is 23.3 Å². The molecule has 2 saturated carbocycles. The predicted molar refractivity (Wildman–Crippen MR) is 131 cm³/mol. The highest BCUT2D eigenvalue weighted by Gasteiger charge is 2.61. The van der Waals surface area contributed by atoms with Crippen LogP contribution >= 0.6 is 0 Å². The molecule has 188 valence electrons. The number of carboxylic acid groups (broad SMARTS) is 1. The van der Waals surface area contributed by atoms with Crippen LogP contribution in [0.15, 0.2) is 23.3 Å². The minimum absolute atomic E-state index is 0.0236. The summed E-state index contributed by atoms with van der Waals surface area (Å²) in [6.45, 7) is 14.3. The molecule has 2 N–H and O–H groups in total. The van der Waals surface area contributed by atoms with E-state index >= 15 is 0 Å². The number of fused-ring (bicyclic) bond motifs is 4. The first-order valence-corrected chi connectivity index (χ1v) is 13.2. The molecule has 6 unspecified atom stereocenters. The summed E-state index contributed by atoms with van der Waals surface area (Å²) in [6, 6.07) is 0. The summed E-state index contributed by atoms with van der Waals surface area (Å²) in [5.41, 5.74) is 1.85. The Morgan fingerprint density at radius 1 is 1.15 bits per heavy atom. The molecule has 0 aromatic rings. The molecule has 0 aromatic heterocycles. The van der Waals surface area contributed by atoms with Gasteiger partial charge >= 0.3 is 5.97 Å². The number of hydrogen-bond donors (Lipinski definition) is 2. The van der Waals surface area contributed by atoms with Gasteiger partial charge in [-0.3, -0.25) is 14.4 Å². The third-order valence-corrected chi connectivity index (χ3v) is 10.7. The minimum atomic E-state index is -0.838. The molecular formula is C29H42O5. The van der Waals surface area contributed by atoms with Crippen LogP contribution in [0.25, 0.3) is 0 Å². The van der Waals surface area contributed by atoms with Crippen molar-refractivity contribution in [2.45, 2.75) is 92.1 Å². The van der Waals surface area contributed by atoms with Crippen LogP contribution in [0.2, 0.25) is 0 Å². The van der Waals surface area contributed by atoms with Crippen LogP contribution in [0.4, 0.5) is 0 Å². The predicted octanol–water partition coefficient (Wildman–Crippen LogP) is 5.37. The van der Waals surface area contributed by atoms with E-state index in [2.05, 4.69) is 27.4 Å². The van der Waals surface area contributed by atoms with Gasteiger partial charge in [0.15, 0.2) is 11.6 Å². The lowest BCUT2D eigenvalue weighted by molar-refractivity contribution is -0.140.